The molecule has 0 aromatic rings. The first-order chi connectivity index (χ1) is 10.2. The molecular formula is C18H32O3. The lowest BCUT2D eigenvalue weighted by molar-refractivity contribution is -0.183. The maximum atomic E-state index is 11.1. The second-order valence-electron chi connectivity index (χ2n) is 7.62. The van der Waals surface area contributed by atoms with Gasteiger partial charge in [-0.1, -0.05) is 38.5 Å². The minimum Gasteiger partial charge on any atom is -0.390 e. The number of ether oxygens (including phenoxy) is 2. The predicted molar refractivity (Wildman–Crippen MR) is 83.3 cm³/mol. The average Bonchev–Trinajstić information content (AvgIpc) is 2.55. The van der Waals surface area contributed by atoms with Crippen LogP contribution >= 0.6 is 0 Å². The number of methoxy groups -OCH3 is 1. The van der Waals surface area contributed by atoms with Crippen LogP contribution in [0.25, 0.3) is 0 Å². The maximum absolute atomic E-state index is 11.1. The SMILES string of the molecule is COC1(C(O)C2CCOC3(CCCCC3)C2)CCCCC1. The predicted octanol–water partition coefficient (Wildman–Crippen LogP) is 3.83. The fourth-order valence-corrected chi connectivity index (χ4v) is 5.08. The molecule has 0 aromatic heterocycles. The molecule has 1 heterocycles. The van der Waals surface area contributed by atoms with Crippen LogP contribution in [0.4, 0.5) is 0 Å². The maximum Gasteiger partial charge on any atom is 0.0939 e. The first-order valence-electron chi connectivity index (χ1n) is 9.07. The molecule has 1 spiro atoms. The summed E-state index contributed by atoms with van der Waals surface area (Å²) in [5, 5.41) is 11.1. The molecule has 0 amide bonds. The molecule has 2 atom stereocenters. The standard InChI is InChI=1S/C18H32O3/c1-20-18(11-6-3-7-12-18)16(19)15-8-13-21-17(14-15)9-4-2-5-10-17/h15-16,19H,2-14H2,1H3. The van der Waals surface area contributed by atoms with Crippen LogP contribution in [0.1, 0.15) is 77.0 Å². The summed E-state index contributed by atoms with van der Waals surface area (Å²) in [7, 11) is 1.80. The molecular weight excluding hydrogens is 264 g/mol. The lowest BCUT2D eigenvalue weighted by Gasteiger charge is -2.49. The Morgan fingerprint density at radius 3 is 2.24 bits per heavy atom. The van der Waals surface area contributed by atoms with Gasteiger partial charge >= 0.3 is 0 Å². The van der Waals surface area contributed by atoms with Crippen LogP contribution < -0.4 is 0 Å². The van der Waals surface area contributed by atoms with Crippen molar-refractivity contribution in [2.75, 3.05) is 13.7 Å². The van der Waals surface area contributed by atoms with Gasteiger partial charge in [-0.25, -0.2) is 0 Å². The molecule has 3 fully saturated rings. The summed E-state index contributed by atoms with van der Waals surface area (Å²) >= 11 is 0. The number of hydrogen-bond donors (Lipinski definition) is 1. The van der Waals surface area contributed by atoms with Crippen molar-refractivity contribution in [2.24, 2.45) is 5.92 Å². The van der Waals surface area contributed by atoms with Crippen molar-refractivity contribution >= 4 is 0 Å². The van der Waals surface area contributed by atoms with Gasteiger partial charge in [0.2, 0.25) is 0 Å². The number of aliphatic hydroxyl groups is 1. The molecule has 0 radical (unpaired) electrons. The molecule has 0 aromatic carbocycles. The molecule has 3 nitrogen and oxygen atoms in total. The van der Waals surface area contributed by atoms with E-state index in [1.54, 1.807) is 7.11 Å². The lowest BCUT2D eigenvalue weighted by Crippen LogP contribution is -2.53. The van der Waals surface area contributed by atoms with E-state index in [2.05, 4.69) is 0 Å². The van der Waals surface area contributed by atoms with Gasteiger partial charge in [0.05, 0.1) is 17.3 Å². The monoisotopic (exact) mass is 296 g/mol. The van der Waals surface area contributed by atoms with Crippen LogP contribution in [-0.2, 0) is 9.47 Å². The smallest absolute Gasteiger partial charge is 0.0939 e. The van der Waals surface area contributed by atoms with Gasteiger partial charge in [0.1, 0.15) is 0 Å². The summed E-state index contributed by atoms with van der Waals surface area (Å²) in [6, 6.07) is 0. The summed E-state index contributed by atoms with van der Waals surface area (Å²) in [6.45, 7) is 0.821. The topological polar surface area (TPSA) is 38.7 Å². The average molecular weight is 296 g/mol. The third-order valence-corrected chi connectivity index (χ3v) is 6.39. The zero-order chi connectivity index (χ0) is 14.8. The Balaban J connectivity index is 1.69. The highest BCUT2D eigenvalue weighted by Gasteiger charge is 2.47. The summed E-state index contributed by atoms with van der Waals surface area (Å²) in [5.74, 6) is 0.356. The van der Waals surface area contributed by atoms with E-state index in [1.165, 1.54) is 51.4 Å². The van der Waals surface area contributed by atoms with Gasteiger partial charge in [-0.3, -0.25) is 0 Å². The summed E-state index contributed by atoms with van der Waals surface area (Å²) in [6.07, 6.45) is 13.7. The van der Waals surface area contributed by atoms with Gasteiger partial charge < -0.3 is 14.6 Å². The zero-order valence-electron chi connectivity index (χ0n) is 13.6. The van der Waals surface area contributed by atoms with Gasteiger partial charge in [0.25, 0.3) is 0 Å². The highest BCUT2D eigenvalue weighted by Crippen LogP contribution is 2.45. The highest BCUT2D eigenvalue weighted by atomic mass is 16.5. The fraction of sp³-hybridized carbons (Fsp3) is 1.00. The molecule has 1 saturated heterocycles. The Morgan fingerprint density at radius 2 is 1.62 bits per heavy atom. The van der Waals surface area contributed by atoms with Crippen molar-refractivity contribution in [1.82, 2.24) is 0 Å². The largest absolute Gasteiger partial charge is 0.390 e. The molecule has 0 bridgehead atoms. The van der Waals surface area contributed by atoms with Gasteiger partial charge in [-0.2, -0.15) is 0 Å². The van der Waals surface area contributed by atoms with Crippen molar-refractivity contribution < 1.29 is 14.6 Å². The molecule has 1 aliphatic heterocycles. The lowest BCUT2D eigenvalue weighted by atomic mass is 9.69. The van der Waals surface area contributed by atoms with Gasteiger partial charge in [-0.15, -0.1) is 0 Å². The van der Waals surface area contributed by atoms with Crippen molar-refractivity contribution in [1.29, 1.82) is 0 Å². The Hall–Kier alpha value is -0.120. The molecule has 2 unspecified atom stereocenters. The fourth-order valence-electron chi connectivity index (χ4n) is 5.08. The molecule has 21 heavy (non-hydrogen) atoms. The quantitative estimate of drug-likeness (QED) is 0.860. The van der Waals surface area contributed by atoms with Gasteiger partial charge in [0.15, 0.2) is 0 Å². The summed E-state index contributed by atoms with van der Waals surface area (Å²) in [5.41, 5.74) is -0.206. The van der Waals surface area contributed by atoms with E-state index in [9.17, 15) is 5.11 Å². The van der Waals surface area contributed by atoms with E-state index >= 15 is 0 Å². The van der Waals surface area contributed by atoms with Gasteiger partial charge in [0, 0.05) is 13.7 Å². The molecule has 3 heteroatoms. The van der Waals surface area contributed by atoms with Gasteiger partial charge in [-0.05, 0) is 44.4 Å². The van der Waals surface area contributed by atoms with E-state index in [4.69, 9.17) is 9.47 Å². The normalized spacial score (nSPS) is 33.7. The van der Waals surface area contributed by atoms with E-state index in [0.717, 1.165) is 32.3 Å². The Labute approximate surface area is 129 Å². The van der Waals surface area contributed by atoms with E-state index in [-0.39, 0.29) is 17.3 Å². The third kappa shape index (κ3) is 3.16. The van der Waals surface area contributed by atoms with Crippen molar-refractivity contribution in [3.63, 3.8) is 0 Å². The van der Waals surface area contributed by atoms with Crippen LogP contribution in [-0.4, -0.2) is 36.1 Å². The van der Waals surface area contributed by atoms with Crippen LogP contribution in [0.5, 0.6) is 0 Å². The second-order valence-corrected chi connectivity index (χ2v) is 7.62. The Kier molecular flexibility index (Phi) is 4.92. The molecule has 122 valence electrons. The molecule has 3 aliphatic rings. The van der Waals surface area contributed by atoms with Crippen LogP contribution in [0.2, 0.25) is 0 Å². The van der Waals surface area contributed by atoms with Crippen LogP contribution in [0.15, 0.2) is 0 Å². The summed E-state index contributed by atoms with van der Waals surface area (Å²) in [4.78, 5) is 0. The van der Waals surface area contributed by atoms with Crippen LogP contribution in [0.3, 0.4) is 0 Å². The minimum absolute atomic E-state index is 0.0751. The Bertz CT molecular complexity index is 324. The number of aliphatic hydroxyl groups excluding tert-OH is 1. The Morgan fingerprint density at radius 1 is 1.00 bits per heavy atom. The second kappa shape index (κ2) is 6.55. The molecule has 2 saturated carbocycles. The minimum atomic E-state index is -0.314. The molecule has 3 rings (SSSR count). The van der Waals surface area contributed by atoms with Crippen molar-refractivity contribution in [2.45, 2.75) is 94.4 Å². The van der Waals surface area contributed by atoms with E-state index < -0.39 is 0 Å². The molecule has 1 N–H and O–H groups in total. The van der Waals surface area contributed by atoms with Crippen molar-refractivity contribution in [3.05, 3.63) is 0 Å². The number of rotatable bonds is 3. The van der Waals surface area contributed by atoms with Crippen molar-refractivity contribution in [3.8, 4) is 0 Å². The van der Waals surface area contributed by atoms with E-state index in [0.29, 0.717) is 5.92 Å². The molecule has 2 aliphatic carbocycles. The number of hydrogen-bond acceptors (Lipinski definition) is 3. The summed E-state index contributed by atoms with van der Waals surface area (Å²) < 4.78 is 12.1. The highest BCUT2D eigenvalue weighted by molar-refractivity contribution is 4.99. The third-order valence-electron chi connectivity index (χ3n) is 6.39. The first kappa shape index (κ1) is 15.8. The zero-order valence-corrected chi connectivity index (χ0v) is 13.6. The first-order valence-corrected chi connectivity index (χ1v) is 9.07. The van der Waals surface area contributed by atoms with E-state index in [1.807, 2.05) is 0 Å². The van der Waals surface area contributed by atoms with Crippen LogP contribution in [0, 0.1) is 5.92 Å².